The summed E-state index contributed by atoms with van der Waals surface area (Å²) in [5.41, 5.74) is 0.711. The molecule has 22 heavy (non-hydrogen) atoms. The maximum atomic E-state index is 13.1. The van der Waals surface area contributed by atoms with Crippen molar-refractivity contribution in [3.63, 3.8) is 0 Å². The van der Waals surface area contributed by atoms with Gasteiger partial charge in [0.1, 0.15) is 12.7 Å². The van der Waals surface area contributed by atoms with Gasteiger partial charge in [0.25, 0.3) is 0 Å². The molecule has 0 saturated carbocycles. The Bertz CT molecular complexity index is 616. The van der Waals surface area contributed by atoms with Gasteiger partial charge in [-0.3, -0.25) is 9.48 Å². The number of aryl methyl sites for hydroxylation is 2. The Morgan fingerprint density at radius 3 is 2.86 bits per heavy atom. The third-order valence-electron chi connectivity index (χ3n) is 3.29. The zero-order valence-corrected chi connectivity index (χ0v) is 12.3. The van der Waals surface area contributed by atoms with Gasteiger partial charge in [-0.1, -0.05) is 6.07 Å². The molecule has 2 rings (SSSR count). The van der Waals surface area contributed by atoms with E-state index < -0.39 is 11.6 Å². The fraction of sp³-hybridized carbons (Fsp3) is 0.400. The van der Waals surface area contributed by atoms with Gasteiger partial charge in [0.2, 0.25) is 5.91 Å². The molecule has 0 spiro atoms. The van der Waals surface area contributed by atoms with Gasteiger partial charge >= 0.3 is 0 Å². The number of benzene rings is 1. The van der Waals surface area contributed by atoms with Crippen LogP contribution in [-0.2, 0) is 17.8 Å². The number of carbonyl (C=O) groups excluding carboxylic acids is 1. The highest BCUT2D eigenvalue weighted by atomic mass is 19.2. The van der Waals surface area contributed by atoms with E-state index in [1.807, 2.05) is 6.92 Å². The normalized spacial score (nSPS) is 12.1. The lowest BCUT2D eigenvalue weighted by atomic mass is 10.1. The van der Waals surface area contributed by atoms with E-state index >= 15 is 0 Å². The summed E-state index contributed by atoms with van der Waals surface area (Å²) in [4.78, 5) is 15.6. The molecule has 2 aromatic rings. The molecule has 7 heteroatoms. The third-order valence-corrected chi connectivity index (χ3v) is 3.29. The number of hydrogen-bond donors (Lipinski definition) is 1. The van der Waals surface area contributed by atoms with Crippen molar-refractivity contribution in [3.05, 3.63) is 48.1 Å². The zero-order chi connectivity index (χ0) is 15.9. The van der Waals surface area contributed by atoms with Crippen LogP contribution < -0.4 is 5.32 Å². The quantitative estimate of drug-likeness (QED) is 0.852. The average Bonchev–Trinajstić information content (AvgIpc) is 3.00. The van der Waals surface area contributed by atoms with Crippen molar-refractivity contribution in [2.45, 2.75) is 38.8 Å². The number of rotatable bonds is 7. The molecule has 1 aromatic heterocycles. The van der Waals surface area contributed by atoms with E-state index in [1.54, 1.807) is 17.1 Å². The van der Waals surface area contributed by atoms with Gasteiger partial charge < -0.3 is 5.32 Å². The summed E-state index contributed by atoms with van der Waals surface area (Å²) in [5.74, 6) is -1.77. The van der Waals surface area contributed by atoms with Crippen molar-refractivity contribution < 1.29 is 13.6 Å². The van der Waals surface area contributed by atoms with Crippen LogP contribution in [0.2, 0.25) is 0 Å². The fourth-order valence-electron chi connectivity index (χ4n) is 2.06. The van der Waals surface area contributed by atoms with E-state index in [0.717, 1.165) is 6.07 Å². The highest BCUT2D eigenvalue weighted by molar-refractivity contribution is 5.76. The molecule has 0 aliphatic heterocycles. The maximum absolute atomic E-state index is 13.1. The zero-order valence-electron chi connectivity index (χ0n) is 12.3. The molecule has 0 aliphatic carbocycles. The molecule has 0 fully saturated rings. The van der Waals surface area contributed by atoms with E-state index in [0.29, 0.717) is 31.4 Å². The van der Waals surface area contributed by atoms with Crippen LogP contribution in [-0.4, -0.2) is 26.7 Å². The Hall–Kier alpha value is -2.31. The SMILES string of the molecule is C[C@@H](CCc1ccc(F)c(F)c1)NC(=O)CCn1cncn1. The Labute approximate surface area is 127 Å². The number of aromatic nitrogens is 3. The van der Waals surface area contributed by atoms with Crippen molar-refractivity contribution in [2.24, 2.45) is 0 Å². The molecule has 1 atom stereocenters. The van der Waals surface area contributed by atoms with Crippen molar-refractivity contribution in [1.29, 1.82) is 0 Å². The van der Waals surface area contributed by atoms with Crippen molar-refractivity contribution in [1.82, 2.24) is 20.1 Å². The molecule has 5 nitrogen and oxygen atoms in total. The van der Waals surface area contributed by atoms with Gasteiger partial charge in [0, 0.05) is 12.5 Å². The minimum atomic E-state index is -0.849. The number of halogens is 2. The van der Waals surface area contributed by atoms with Crippen LogP contribution in [0.4, 0.5) is 8.78 Å². The number of nitrogens with zero attached hydrogens (tertiary/aromatic N) is 3. The first-order chi connectivity index (χ1) is 10.5. The lowest BCUT2D eigenvalue weighted by Gasteiger charge is -2.14. The van der Waals surface area contributed by atoms with Crippen LogP contribution in [0.25, 0.3) is 0 Å². The predicted octanol–water partition coefficient (Wildman–Crippen LogP) is 2.08. The molecule has 0 radical (unpaired) electrons. The minimum absolute atomic E-state index is 0.0450. The summed E-state index contributed by atoms with van der Waals surface area (Å²) in [6, 6.07) is 3.81. The second-order valence-corrected chi connectivity index (χ2v) is 5.16. The minimum Gasteiger partial charge on any atom is -0.354 e. The van der Waals surface area contributed by atoms with E-state index in [4.69, 9.17) is 0 Å². The second kappa shape index (κ2) is 7.63. The Morgan fingerprint density at radius 2 is 2.18 bits per heavy atom. The van der Waals surface area contributed by atoms with E-state index in [-0.39, 0.29) is 11.9 Å². The molecule has 1 heterocycles. The first-order valence-corrected chi connectivity index (χ1v) is 7.10. The van der Waals surface area contributed by atoms with Gasteiger partial charge in [-0.2, -0.15) is 5.10 Å². The molecule has 1 N–H and O–H groups in total. The molecular weight excluding hydrogens is 290 g/mol. The molecule has 1 aromatic carbocycles. The summed E-state index contributed by atoms with van der Waals surface area (Å²) in [5, 5.41) is 6.79. The lowest BCUT2D eigenvalue weighted by molar-refractivity contribution is -0.122. The van der Waals surface area contributed by atoms with Crippen LogP contribution in [0, 0.1) is 11.6 Å². The third kappa shape index (κ3) is 4.91. The number of hydrogen-bond acceptors (Lipinski definition) is 3. The van der Waals surface area contributed by atoms with Crippen molar-refractivity contribution in [3.8, 4) is 0 Å². The highest BCUT2D eigenvalue weighted by Gasteiger charge is 2.09. The average molecular weight is 308 g/mol. The van der Waals surface area contributed by atoms with Crippen molar-refractivity contribution in [2.75, 3.05) is 0 Å². The van der Waals surface area contributed by atoms with Crippen molar-refractivity contribution >= 4 is 5.91 Å². The molecule has 0 unspecified atom stereocenters. The van der Waals surface area contributed by atoms with Crippen LogP contribution in [0.15, 0.2) is 30.9 Å². The summed E-state index contributed by atoms with van der Waals surface area (Å²) in [7, 11) is 0. The monoisotopic (exact) mass is 308 g/mol. The molecule has 0 bridgehead atoms. The number of nitrogens with one attached hydrogen (secondary N) is 1. The van der Waals surface area contributed by atoms with E-state index in [9.17, 15) is 13.6 Å². The van der Waals surface area contributed by atoms with Crippen LogP contribution >= 0.6 is 0 Å². The number of amides is 1. The van der Waals surface area contributed by atoms with E-state index in [1.165, 1.54) is 12.4 Å². The summed E-state index contributed by atoms with van der Waals surface area (Å²) < 4.78 is 27.5. The van der Waals surface area contributed by atoms with Gasteiger partial charge in [-0.05, 0) is 37.5 Å². The predicted molar refractivity (Wildman–Crippen MR) is 76.9 cm³/mol. The van der Waals surface area contributed by atoms with Gasteiger partial charge in [0.05, 0.1) is 6.54 Å². The Balaban J connectivity index is 1.71. The lowest BCUT2D eigenvalue weighted by Crippen LogP contribution is -2.33. The Kier molecular flexibility index (Phi) is 5.57. The Morgan fingerprint density at radius 1 is 1.36 bits per heavy atom. The first kappa shape index (κ1) is 16.1. The molecular formula is C15H18F2N4O. The van der Waals surface area contributed by atoms with Gasteiger partial charge in [-0.25, -0.2) is 13.8 Å². The fourth-order valence-corrected chi connectivity index (χ4v) is 2.06. The van der Waals surface area contributed by atoms with Gasteiger partial charge in [0.15, 0.2) is 11.6 Å². The molecule has 0 aliphatic rings. The maximum Gasteiger partial charge on any atom is 0.222 e. The largest absolute Gasteiger partial charge is 0.354 e. The molecule has 118 valence electrons. The smallest absolute Gasteiger partial charge is 0.222 e. The first-order valence-electron chi connectivity index (χ1n) is 7.10. The highest BCUT2D eigenvalue weighted by Crippen LogP contribution is 2.11. The standard InChI is InChI=1S/C15H18F2N4O/c1-11(2-3-12-4-5-13(16)14(17)8-12)20-15(22)6-7-21-10-18-9-19-21/h4-5,8-11H,2-3,6-7H2,1H3,(H,20,22)/t11-/m0/s1. The summed E-state index contributed by atoms with van der Waals surface area (Å²) in [6.07, 6.45) is 4.52. The number of carbonyl (C=O) groups is 1. The van der Waals surface area contributed by atoms with E-state index in [2.05, 4.69) is 15.4 Å². The molecule has 0 saturated heterocycles. The topological polar surface area (TPSA) is 59.8 Å². The van der Waals surface area contributed by atoms with Crippen LogP contribution in [0.1, 0.15) is 25.3 Å². The summed E-state index contributed by atoms with van der Waals surface area (Å²) >= 11 is 0. The summed E-state index contributed by atoms with van der Waals surface area (Å²) in [6.45, 7) is 2.36. The second-order valence-electron chi connectivity index (χ2n) is 5.16. The van der Waals surface area contributed by atoms with Crippen LogP contribution in [0.5, 0.6) is 0 Å². The van der Waals surface area contributed by atoms with Gasteiger partial charge in [-0.15, -0.1) is 0 Å². The van der Waals surface area contributed by atoms with Crippen LogP contribution in [0.3, 0.4) is 0 Å². The molecule has 1 amide bonds.